The summed E-state index contributed by atoms with van der Waals surface area (Å²) in [5.41, 5.74) is 2.31. The molecule has 0 unspecified atom stereocenters. The van der Waals surface area contributed by atoms with Crippen molar-refractivity contribution < 1.29 is 0 Å². The molecule has 1 aromatic rings. The van der Waals surface area contributed by atoms with Crippen LogP contribution in [0, 0.1) is 6.92 Å². The summed E-state index contributed by atoms with van der Waals surface area (Å²) in [6.45, 7) is 6.75. The number of hydrogen-bond acceptors (Lipinski definition) is 2. The molecule has 1 aliphatic heterocycles. The Kier molecular flexibility index (Phi) is 6.96. The molecular weight excluding hydrogens is 278 g/mol. The number of thiocarbonyl (C=S) groups is 1. The van der Waals surface area contributed by atoms with Crippen LogP contribution in [0.2, 0.25) is 0 Å². The van der Waals surface area contributed by atoms with Gasteiger partial charge in [0, 0.05) is 12.2 Å². The summed E-state index contributed by atoms with van der Waals surface area (Å²) >= 11 is 5.32. The van der Waals surface area contributed by atoms with E-state index >= 15 is 0 Å². The standard InChI is InChI=1S/C17H27N3S/c1-15-7-9-16(10-8-15)19-17(21)18-11-6-14-20-12-4-2-3-5-13-20/h7-10H,2-6,11-14H2,1H3,(H2,18,19,21). The number of hydrogen-bond donors (Lipinski definition) is 2. The molecule has 3 nitrogen and oxygen atoms in total. The summed E-state index contributed by atoms with van der Waals surface area (Å²) in [6.07, 6.45) is 6.68. The van der Waals surface area contributed by atoms with E-state index in [0.717, 1.165) is 23.8 Å². The molecule has 0 atom stereocenters. The molecule has 0 aliphatic carbocycles. The van der Waals surface area contributed by atoms with Gasteiger partial charge in [-0.1, -0.05) is 30.5 Å². The molecule has 0 bridgehead atoms. The van der Waals surface area contributed by atoms with Crippen molar-refractivity contribution in [2.75, 3.05) is 31.5 Å². The van der Waals surface area contributed by atoms with Gasteiger partial charge >= 0.3 is 0 Å². The summed E-state index contributed by atoms with van der Waals surface area (Å²) in [4.78, 5) is 2.59. The molecule has 21 heavy (non-hydrogen) atoms. The highest BCUT2D eigenvalue weighted by molar-refractivity contribution is 7.80. The van der Waals surface area contributed by atoms with Crippen molar-refractivity contribution in [2.45, 2.75) is 39.0 Å². The van der Waals surface area contributed by atoms with E-state index in [1.165, 1.54) is 50.9 Å². The summed E-state index contributed by atoms with van der Waals surface area (Å²) in [6, 6.07) is 8.29. The van der Waals surface area contributed by atoms with Crippen LogP contribution in [0.25, 0.3) is 0 Å². The molecule has 2 rings (SSSR count). The molecule has 0 radical (unpaired) electrons. The molecule has 4 heteroatoms. The van der Waals surface area contributed by atoms with E-state index in [0.29, 0.717) is 0 Å². The number of anilines is 1. The minimum atomic E-state index is 0.717. The Morgan fingerprint density at radius 2 is 1.76 bits per heavy atom. The van der Waals surface area contributed by atoms with Gasteiger partial charge in [0.15, 0.2) is 5.11 Å². The normalized spacial score (nSPS) is 16.2. The van der Waals surface area contributed by atoms with Crippen LogP contribution in [0.4, 0.5) is 5.69 Å². The Bertz CT molecular complexity index is 422. The highest BCUT2D eigenvalue weighted by Crippen LogP contribution is 2.10. The van der Waals surface area contributed by atoms with Gasteiger partial charge in [0.25, 0.3) is 0 Å². The predicted octanol–water partition coefficient (Wildman–Crippen LogP) is 3.55. The van der Waals surface area contributed by atoms with Gasteiger partial charge in [-0.3, -0.25) is 0 Å². The zero-order valence-electron chi connectivity index (χ0n) is 13.0. The Hall–Kier alpha value is -1.13. The van der Waals surface area contributed by atoms with E-state index in [1.54, 1.807) is 0 Å². The second-order valence-electron chi connectivity index (χ2n) is 5.86. The molecule has 1 saturated heterocycles. The van der Waals surface area contributed by atoms with Gasteiger partial charge < -0.3 is 15.5 Å². The van der Waals surface area contributed by atoms with Crippen LogP contribution in [0.3, 0.4) is 0 Å². The van der Waals surface area contributed by atoms with Crippen LogP contribution in [0.5, 0.6) is 0 Å². The molecule has 0 spiro atoms. The van der Waals surface area contributed by atoms with Crippen LogP contribution in [-0.4, -0.2) is 36.2 Å². The van der Waals surface area contributed by atoms with Crippen molar-refractivity contribution in [1.29, 1.82) is 0 Å². The number of likely N-dealkylation sites (tertiary alicyclic amines) is 1. The number of nitrogens with one attached hydrogen (secondary N) is 2. The first kappa shape index (κ1) is 16.2. The Labute approximate surface area is 134 Å². The lowest BCUT2D eigenvalue weighted by atomic mass is 10.2. The lowest BCUT2D eigenvalue weighted by Crippen LogP contribution is -2.32. The van der Waals surface area contributed by atoms with Gasteiger partial charge in [-0.25, -0.2) is 0 Å². The monoisotopic (exact) mass is 305 g/mol. The van der Waals surface area contributed by atoms with Gasteiger partial charge in [-0.15, -0.1) is 0 Å². The van der Waals surface area contributed by atoms with Crippen molar-refractivity contribution >= 4 is 23.0 Å². The molecule has 1 aliphatic rings. The second-order valence-corrected chi connectivity index (χ2v) is 6.26. The van der Waals surface area contributed by atoms with Crippen molar-refractivity contribution in [3.63, 3.8) is 0 Å². The summed E-state index contributed by atoms with van der Waals surface area (Å²) in [5.74, 6) is 0. The van der Waals surface area contributed by atoms with Crippen molar-refractivity contribution in [3.8, 4) is 0 Å². The van der Waals surface area contributed by atoms with Gasteiger partial charge in [0.2, 0.25) is 0 Å². The lowest BCUT2D eigenvalue weighted by Gasteiger charge is -2.19. The molecule has 0 saturated carbocycles. The van der Waals surface area contributed by atoms with Gasteiger partial charge in [-0.05, 0) is 70.2 Å². The summed E-state index contributed by atoms with van der Waals surface area (Å²) in [5, 5.41) is 7.24. The smallest absolute Gasteiger partial charge is 0.170 e. The fraction of sp³-hybridized carbons (Fsp3) is 0.588. The average molecular weight is 305 g/mol. The fourth-order valence-electron chi connectivity index (χ4n) is 2.68. The fourth-order valence-corrected chi connectivity index (χ4v) is 2.90. The largest absolute Gasteiger partial charge is 0.362 e. The molecule has 0 amide bonds. The highest BCUT2D eigenvalue weighted by atomic mass is 32.1. The second kappa shape index (κ2) is 9.00. The topological polar surface area (TPSA) is 27.3 Å². The first-order valence-electron chi connectivity index (χ1n) is 8.08. The van der Waals surface area contributed by atoms with Crippen LogP contribution in [-0.2, 0) is 0 Å². The van der Waals surface area contributed by atoms with Crippen molar-refractivity contribution in [3.05, 3.63) is 29.8 Å². The zero-order valence-corrected chi connectivity index (χ0v) is 13.8. The number of rotatable bonds is 5. The number of aryl methyl sites for hydroxylation is 1. The number of benzene rings is 1. The predicted molar refractivity (Wildman–Crippen MR) is 94.9 cm³/mol. The molecule has 0 aromatic heterocycles. The third-order valence-electron chi connectivity index (χ3n) is 3.94. The minimum absolute atomic E-state index is 0.717. The van der Waals surface area contributed by atoms with E-state index in [4.69, 9.17) is 12.2 Å². The maximum absolute atomic E-state index is 5.32. The molecule has 1 aromatic carbocycles. The van der Waals surface area contributed by atoms with E-state index in [1.807, 2.05) is 0 Å². The number of nitrogens with zero attached hydrogens (tertiary/aromatic N) is 1. The highest BCUT2D eigenvalue weighted by Gasteiger charge is 2.08. The van der Waals surface area contributed by atoms with E-state index < -0.39 is 0 Å². The van der Waals surface area contributed by atoms with E-state index in [9.17, 15) is 0 Å². The lowest BCUT2D eigenvalue weighted by molar-refractivity contribution is 0.282. The Morgan fingerprint density at radius 1 is 1.10 bits per heavy atom. The average Bonchev–Trinajstić information content (AvgIpc) is 2.75. The molecule has 2 N–H and O–H groups in total. The summed E-state index contributed by atoms with van der Waals surface area (Å²) < 4.78 is 0. The molecule has 1 heterocycles. The van der Waals surface area contributed by atoms with E-state index in [2.05, 4.69) is 46.7 Å². The Balaban J connectivity index is 1.59. The first-order chi connectivity index (χ1) is 10.2. The van der Waals surface area contributed by atoms with Crippen LogP contribution < -0.4 is 10.6 Å². The molecular formula is C17H27N3S. The molecule has 116 valence electrons. The van der Waals surface area contributed by atoms with Gasteiger partial charge in [0.05, 0.1) is 0 Å². The Morgan fingerprint density at radius 3 is 2.43 bits per heavy atom. The first-order valence-corrected chi connectivity index (χ1v) is 8.49. The summed E-state index contributed by atoms with van der Waals surface area (Å²) in [7, 11) is 0. The maximum atomic E-state index is 5.32. The van der Waals surface area contributed by atoms with Crippen molar-refractivity contribution in [2.24, 2.45) is 0 Å². The molecule has 1 fully saturated rings. The third kappa shape index (κ3) is 6.44. The third-order valence-corrected chi connectivity index (χ3v) is 4.19. The maximum Gasteiger partial charge on any atom is 0.170 e. The zero-order chi connectivity index (χ0) is 14.9. The SMILES string of the molecule is Cc1ccc(NC(=S)NCCCN2CCCCCC2)cc1. The van der Waals surface area contributed by atoms with Crippen LogP contribution >= 0.6 is 12.2 Å². The van der Waals surface area contributed by atoms with Gasteiger partial charge in [0.1, 0.15) is 0 Å². The van der Waals surface area contributed by atoms with Gasteiger partial charge in [-0.2, -0.15) is 0 Å². The van der Waals surface area contributed by atoms with Crippen LogP contribution in [0.15, 0.2) is 24.3 Å². The van der Waals surface area contributed by atoms with Crippen LogP contribution in [0.1, 0.15) is 37.7 Å². The van der Waals surface area contributed by atoms with E-state index in [-0.39, 0.29) is 0 Å². The van der Waals surface area contributed by atoms with Crippen molar-refractivity contribution in [1.82, 2.24) is 10.2 Å². The quantitative estimate of drug-likeness (QED) is 0.643. The minimum Gasteiger partial charge on any atom is -0.362 e.